The monoisotopic (exact) mass is 429 g/mol. The topological polar surface area (TPSA) is 63.6 Å². The van der Waals surface area contributed by atoms with Crippen molar-refractivity contribution >= 4 is 22.7 Å². The first-order valence-electron chi connectivity index (χ1n) is 9.51. The summed E-state index contributed by atoms with van der Waals surface area (Å²) < 4.78 is 40.2. The molecule has 1 atom stereocenters. The summed E-state index contributed by atoms with van der Waals surface area (Å²) in [5, 5.41) is 5.90. The molecular weight excluding hydrogens is 404 g/mol. The molecule has 3 rings (SSSR count). The fourth-order valence-electron chi connectivity index (χ4n) is 3.22. The third kappa shape index (κ3) is 5.58. The highest BCUT2D eigenvalue weighted by Gasteiger charge is 2.31. The van der Waals surface area contributed by atoms with Crippen molar-refractivity contribution in [3.63, 3.8) is 0 Å². The van der Waals surface area contributed by atoms with Gasteiger partial charge in [0.25, 0.3) is 0 Å². The van der Waals surface area contributed by atoms with Gasteiger partial charge in [0.2, 0.25) is 0 Å². The van der Waals surface area contributed by atoms with Crippen molar-refractivity contribution in [2.45, 2.75) is 25.2 Å². The van der Waals surface area contributed by atoms with Crippen LogP contribution in [0.2, 0.25) is 0 Å². The Morgan fingerprint density at radius 2 is 2.03 bits per heavy atom. The van der Waals surface area contributed by atoms with Crippen molar-refractivity contribution in [3.8, 4) is 11.5 Å². The number of amides is 1. The second kappa shape index (κ2) is 10.2. The predicted octanol–water partition coefficient (Wildman–Crippen LogP) is 3.28. The van der Waals surface area contributed by atoms with Gasteiger partial charge >= 0.3 is 11.9 Å². The van der Waals surface area contributed by atoms with Gasteiger partial charge in [0.05, 0.1) is 37.8 Å². The minimum absolute atomic E-state index is 0.0383. The van der Waals surface area contributed by atoms with Crippen LogP contribution in [0.15, 0.2) is 23.3 Å². The maximum absolute atomic E-state index is 12.6. The quantitative estimate of drug-likeness (QED) is 0.632. The molecule has 2 aliphatic rings. The molecule has 2 aliphatic heterocycles. The molecule has 1 aromatic carbocycles. The summed E-state index contributed by atoms with van der Waals surface area (Å²) >= 11 is 1.23. The number of methoxy groups -OCH3 is 1. The van der Waals surface area contributed by atoms with E-state index in [-0.39, 0.29) is 22.0 Å². The van der Waals surface area contributed by atoms with E-state index in [1.54, 1.807) is 12.1 Å². The molecule has 0 saturated carbocycles. The number of thioether (sulfide) groups is 1. The number of halogens is 2. The van der Waals surface area contributed by atoms with E-state index in [0.717, 1.165) is 18.8 Å². The highest BCUT2D eigenvalue weighted by molar-refractivity contribution is 8.14. The summed E-state index contributed by atoms with van der Waals surface area (Å²) in [6.45, 7) is 3.31. The lowest BCUT2D eigenvalue weighted by molar-refractivity contribution is -0.0512. The van der Waals surface area contributed by atoms with Gasteiger partial charge in [-0.3, -0.25) is 9.69 Å². The molecule has 160 valence electrons. The third-order valence-corrected chi connectivity index (χ3v) is 6.02. The van der Waals surface area contributed by atoms with Crippen LogP contribution < -0.4 is 9.47 Å². The van der Waals surface area contributed by atoms with Crippen molar-refractivity contribution in [1.82, 2.24) is 9.91 Å². The number of alkyl halides is 2. The standard InChI is InChI=1S/C19H25F2N3O4S/c1-3-16-17(13-4-5-14(28-18(20)21)15(12-13)26-2)22-24(19(25)29-16)7-6-23-8-10-27-11-9-23/h4-5,12,16,18H,3,6-11H2,1-2H3. The van der Waals surface area contributed by atoms with Crippen LogP contribution in [0.1, 0.15) is 18.9 Å². The number of benzene rings is 1. The van der Waals surface area contributed by atoms with Crippen LogP contribution in [-0.4, -0.2) is 79.2 Å². The Bertz CT molecular complexity index is 744. The third-order valence-electron chi connectivity index (χ3n) is 4.77. The smallest absolute Gasteiger partial charge is 0.387 e. The maximum Gasteiger partial charge on any atom is 0.387 e. The molecule has 7 nitrogen and oxygen atoms in total. The lowest BCUT2D eigenvalue weighted by atomic mass is 10.0. The van der Waals surface area contributed by atoms with Crippen molar-refractivity contribution in [3.05, 3.63) is 23.8 Å². The molecule has 10 heteroatoms. The zero-order valence-electron chi connectivity index (χ0n) is 16.5. The Kier molecular flexibility index (Phi) is 7.68. The average Bonchev–Trinajstić information content (AvgIpc) is 2.73. The van der Waals surface area contributed by atoms with Gasteiger partial charge in [-0.25, -0.2) is 5.01 Å². The summed E-state index contributed by atoms with van der Waals surface area (Å²) in [6.07, 6.45) is 0.712. The van der Waals surface area contributed by atoms with Gasteiger partial charge in [-0.05, 0) is 24.6 Å². The normalized spacial score (nSPS) is 20.7. The van der Waals surface area contributed by atoms with E-state index in [1.165, 1.54) is 29.9 Å². The number of hydrazone groups is 1. The van der Waals surface area contributed by atoms with Crippen molar-refractivity contribution in [2.75, 3.05) is 46.5 Å². The molecule has 0 aromatic heterocycles. The van der Waals surface area contributed by atoms with E-state index in [2.05, 4.69) is 14.7 Å². The lowest BCUT2D eigenvalue weighted by Gasteiger charge is -2.31. The van der Waals surface area contributed by atoms with E-state index in [0.29, 0.717) is 38.3 Å². The molecule has 0 bridgehead atoms. The minimum atomic E-state index is -2.94. The van der Waals surface area contributed by atoms with Crippen LogP contribution in [0.5, 0.6) is 11.5 Å². The number of morpholine rings is 1. The molecule has 29 heavy (non-hydrogen) atoms. The van der Waals surface area contributed by atoms with Crippen LogP contribution in [0, 0.1) is 0 Å². The fraction of sp³-hybridized carbons (Fsp3) is 0.579. The van der Waals surface area contributed by atoms with Crippen LogP contribution >= 0.6 is 11.8 Å². The van der Waals surface area contributed by atoms with Crippen molar-refractivity contribution in [1.29, 1.82) is 0 Å². The molecule has 0 N–H and O–H groups in total. The Labute approximate surface area is 173 Å². The second-order valence-electron chi connectivity index (χ2n) is 6.59. The lowest BCUT2D eigenvalue weighted by Crippen LogP contribution is -2.43. The van der Waals surface area contributed by atoms with E-state index in [9.17, 15) is 13.6 Å². The van der Waals surface area contributed by atoms with Gasteiger partial charge in [0, 0.05) is 25.2 Å². The molecular formula is C19H25F2N3O4S. The zero-order valence-corrected chi connectivity index (χ0v) is 17.3. The SMILES string of the molecule is CCC1SC(=O)N(CCN2CCOCC2)N=C1c1ccc(OC(F)F)c(OC)c1. The molecule has 0 radical (unpaired) electrons. The van der Waals surface area contributed by atoms with Crippen LogP contribution in [-0.2, 0) is 4.74 Å². The summed E-state index contributed by atoms with van der Waals surface area (Å²) in [5.74, 6) is 0.158. The molecule has 1 amide bonds. The number of nitrogens with zero attached hydrogens (tertiary/aromatic N) is 3. The van der Waals surface area contributed by atoms with Crippen LogP contribution in [0.4, 0.5) is 13.6 Å². The van der Waals surface area contributed by atoms with E-state index < -0.39 is 6.61 Å². The Balaban J connectivity index is 1.81. The zero-order chi connectivity index (χ0) is 20.8. The molecule has 1 unspecified atom stereocenters. The second-order valence-corrected chi connectivity index (χ2v) is 7.74. The first-order valence-corrected chi connectivity index (χ1v) is 10.4. The number of ether oxygens (including phenoxy) is 3. The summed E-state index contributed by atoms with van der Waals surface area (Å²) in [5.41, 5.74) is 1.44. The van der Waals surface area contributed by atoms with Crippen LogP contribution in [0.3, 0.4) is 0 Å². The van der Waals surface area contributed by atoms with Gasteiger partial charge in [0.15, 0.2) is 11.5 Å². The van der Waals surface area contributed by atoms with Gasteiger partial charge in [0.1, 0.15) is 0 Å². The molecule has 1 aromatic rings. The van der Waals surface area contributed by atoms with E-state index in [1.807, 2.05) is 6.92 Å². The predicted molar refractivity (Wildman–Crippen MR) is 107 cm³/mol. The number of rotatable bonds is 8. The maximum atomic E-state index is 12.6. The first-order chi connectivity index (χ1) is 14.0. The Morgan fingerprint density at radius 3 is 2.69 bits per heavy atom. The largest absolute Gasteiger partial charge is 0.493 e. The van der Waals surface area contributed by atoms with E-state index in [4.69, 9.17) is 9.47 Å². The summed E-state index contributed by atoms with van der Waals surface area (Å²) in [4.78, 5) is 14.8. The molecule has 1 saturated heterocycles. The highest BCUT2D eigenvalue weighted by atomic mass is 32.2. The number of hydrogen-bond donors (Lipinski definition) is 0. The van der Waals surface area contributed by atoms with E-state index >= 15 is 0 Å². The van der Waals surface area contributed by atoms with Crippen molar-refractivity contribution in [2.24, 2.45) is 5.10 Å². The summed E-state index contributed by atoms with van der Waals surface area (Å²) in [6, 6.07) is 4.72. The molecule has 0 aliphatic carbocycles. The Morgan fingerprint density at radius 1 is 1.28 bits per heavy atom. The van der Waals surface area contributed by atoms with Crippen LogP contribution in [0.25, 0.3) is 0 Å². The fourth-order valence-corrected chi connectivity index (χ4v) is 4.18. The molecule has 2 heterocycles. The van der Waals surface area contributed by atoms with Gasteiger partial charge in [-0.2, -0.15) is 13.9 Å². The number of carbonyl (C=O) groups excluding carboxylic acids is 1. The van der Waals surface area contributed by atoms with Gasteiger partial charge in [-0.15, -0.1) is 0 Å². The highest BCUT2D eigenvalue weighted by Crippen LogP contribution is 2.34. The Hall–Kier alpha value is -1.91. The van der Waals surface area contributed by atoms with Crippen molar-refractivity contribution < 1.29 is 27.8 Å². The average molecular weight is 429 g/mol. The molecule has 1 fully saturated rings. The summed E-state index contributed by atoms with van der Waals surface area (Å²) in [7, 11) is 1.39. The molecule has 0 spiro atoms. The number of carbonyl (C=O) groups is 1. The first kappa shape index (κ1) is 21.8. The number of hydrogen-bond acceptors (Lipinski definition) is 7. The van der Waals surface area contributed by atoms with Gasteiger partial charge in [-0.1, -0.05) is 18.7 Å². The minimum Gasteiger partial charge on any atom is -0.493 e. The van der Waals surface area contributed by atoms with Gasteiger partial charge < -0.3 is 14.2 Å².